The molecule has 0 radical (unpaired) electrons. The molecule has 0 aromatic heterocycles. The molecule has 3 saturated heterocycles. The third kappa shape index (κ3) is 5.52. The first-order chi connectivity index (χ1) is 16.0. The summed E-state index contributed by atoms with van der Waals surface area (Å²) in [6, 6.07) is 0. The van der Waals surface area contributed by atoms with Crippen molar-refractivity contribution in [1.29, 1.82) is 0 Å². The maximum absolute atomic E-state index is 10.4. The topological polar surface area (TPSA) is 269 Å². The molecule has 3 aliphatic heterocycles. The Bertz CT molecular complexity index is 635. The van der Waals surface area contributed by atoms with Gasteiger partial charge in [-0.1, -0.05) is 0 Å². The van der Waals surface area contributed by atoms with Crippen LogP contribution in [0, 0.1) is 0 Å². The first-order valence-electron chi connectivity index (χ1n) is 10.6. The van der Waals surface area contributed by atoms with Gasteiger partial charge in [-0.25, -0.2) is 0 Å². The number of hydrogen-bond donors (Lipinski definition) is 11. The first-order valence-corrected chi connectivity index (χ1v) is 10.6. The van der Waals surface area contributed by atoms with E-state index >= 15 is 0 Å². The van der Waals surface area contributed by atoms with Crippen molar-refractivity contribution in [3.8, 4) is 0 Å². The van der Waals surface area contributed by atoms with Gasteiger partial charge < -0.3 is 79.9 Å². The van der Waals surface area contributed by atoms with E-state index < -0.39 is 112 Å². The summed E-state index contributed by atoms with van der Waals surface area (Å²) >= 11 is 0. The zero-order valence-corrected chi connectivity index (χ0v) is 17.7. The fraction of sp³-hybridized carbons (Fsp3) is 1.00. The molecule has 15 atom stereocenters. The Kier molecular flexibility index (Phi) is 9.54. The van der Waals surface area contributed by atoms with Crippen molar-refractivity contribution in [2.75, 3.05) is 19.8 Å². The summed E-state index contributed by atoms with van der Waals surface area (Å²) in [7, 11) is 0. The number of hydrogen-bond acceptors (Lipinski definition) is 16. The molecule has 0 spiro atoms. The lowest BCUT2D eigenvalue weighted by Gasteiger charge is -2.45. The van der Waals surface area contributed by atoms with Gasteiger partial charge in [0, 0.05) is 0 Å². The van der Waals surface area contributed by atoms with Crippen molar-refractivity contribution in [2.24, 2.45) is 0 Å². The van der Waals surface area contributed by atoms with E-state index in [1.807, 2.05) is 0 Å². The molecule has 3 aliphatic rings. The van der Waals surface area contributed by atoms with E-state index in [2.05, 4.69) is 0 Å². The summed E-state index contributed by atoms with van der Waals surface area (Å²) < 4.78 is 26.0. The van der Waals surface area contributed by atoms with Gasteiger partial charge >= 0.3 is 0 Å². The van der Waals surface area contributed by atoms with E-state index in [-0.39, 0.29) is 0 Å². The molecule has 0 aromatic carbocycles. The highest BCUT2D eigenvalue weighted by Crippen LogP contribution is 2.29. The summed E-state index contributed by atoms with van der Waals surface area (Å²) in [6.45, 7) is -2.02. The average Bonchev–Trinajstić information content (AvgIpc) is 2.82. The molecule has 0 bridgehead atoms. The molecule has 200 valence electrons. The van der Waals surface area contributed by atoms with Crippen molar-refractivity contribution in [3.63, 3.8) is 0 Å². The van der Waals surface area contributed by atoms with Crippen LogP contribution in [0.1, 0.15) is 0 Å². The van der Waals surface area contributed by atoms with Crippen LogP contribution in [0.5, 0.6) is 0 Å². The van der Waals surface area contributed by atoms with Crippen molar-refractivity contribution in [1.82, 2.24) is 0 Å². The van der Waals surface area contributed by atoms with Crippen molar-refractivity contribution in [3.05, 3.63) is 0 Å². The highest BCUT2D eigenvalue weighted by Gasteiger charge is 2.51. The molecule has 0 amide bonds. The summed E-state index contributed by atoms with van der Waals surface area (Å²) in [5.74, 6) is 0. The highest BCUT2D eigenvalue weighted by atomic mass is 16.7. The lowest BCUT2D eigenvalue weighted by atomic mass is 9.97. The van der Waals surface area contributed by atoms with Crippen LogP contribution in [0.15, 0.2) is 0 Å². The normalized spacial score (nSPS) is 52.5. The van der Waals surface area contributed by atoms with E-state index in [4.69, 9.17) is 23.7 Å². The Labute approximate surface area is 192 Å². The molecule has 3 rings (SSSR count). The molecule has 3 heterocycles. The van der Waals surface area contributed by atoms with E-state index in [1.54, 1.807) is 0 Å². The second-order valence-electron chi connectivity index (χ2n) is 8.37. The van der Waals surface area contributed by atoms with Gasteiger partial charge in [-0.05, 0) is 0 Å². The van der Waals surface area contributed by atoms with E-state index in [1.165, 1.54) is 0 Å². The lowest BCUT2D eigenvalue weighted by molar-refractivity contribution is -0.366. The molecule has 16 nitrogen and oxygen atoms in total. The van der Waals surface area contributed by atoms with Gasteiger partial charge in [-0.3, -0.25) is 0 Å². The third-order valence-corrected chi connectivity index (χ3v) is 6.08. The molecule has 11 N–H and O–H groups in total. The van der Waals surface area contributed by atoms with Gasteiger partial charge in [0.25, 0.3) is 0 Å². The van der Waals surface area contributed by atoms with Crippen molar-refractivity contribution < 1.29 is 79.9 Å². The molecule has 16 heteroatoms. The van der Waals surface area contributed by atoms with Crippen LogP contribution in [0.25, 0.3) is 0 Å². The summed E-state index contributed by atoms with van der Waals surface area (Å²) in [6.07, 6.45) is -24.8. The van der Waals surface area contributed by atoms with E-state index in [0.29, 0.717) is 0 Å². The molecule has 3 fully saturated rings. The number of aliphatic hydroxyl groups is 11. The van der Waals surface area contributed by atoms with Crippen LogP contribution in [-0.2, 0) is 23.7 Å². The van der Waals surface area contributed by atoms with Gasteiger partial charge in [-0.15, -0.1) is 0 Å². The summed E-state index contributed by atoms with van der Waals surface area (Å²) in [4.78, 5) is 0. The lowest BCUT2D eigenvalue weighted by Crippen LogP contribution is -2.64. The SMILES string of the molecule is OC[C@H]1O[C@H](OC[C@H]2O[C@@H](O)[C@@H](O[C@H]3O[C@H](CO)[C@@H](O)[C@H](O)[C@@H]3O)[C@@H](O)[C@@H]2O)[C@@H](O)[C@@H](O)[C@@H]1O. The minimum absolute atomic E-state index is 0.593. The molecule has 0 aromatic rings. The Hall–Kier alpha value is -0.640. The zero-order valence-electron chi connectivity index (χ0n) is 17.7. The largest absolute Gasteiger partial charge is 0.394 e. The molecule has 34 heavy (non-hydrogen) atoms. The molecular weight excluding hydrogens is 472 g/mol. The smallest absolute Gasteiger partial charge is 0.187 e. The zero-order chi connectivity index (χ0) is 25.3. The summed E-state index contributed by atoms with van der Waals surface area (Å²) in [5, 5.41) is 109. The monoisotopic (exact) mass is 504 g/mol. The van der Waals surface area contributed by atoms with Gasteiger partial charge in [-0.2, -0.15) is 0 Å². The van der Waals surface area contributed by atoms with E-state index in [0.717, 1.165) is 0 Å². The minimum Gasteiger partial charge on any atom is -0.394 e. The Morgan fingerprint density at radius 2 is 0.971 bits per heavy atom. The van der Waals surface area contributed by atoms with Crippen LogP contribution in [-0.4, -0.2) is 168 Å². The number of aliphatic hydroxyl groups excluding tert-OH is 11. The Balaban J connectivity index is 1.59. The average molecular weight is 504 g/mol. The van der Waals surface area contributed by atoms with Gasteiger partial charge in [0.2, 0.25) is 0 Å². The minimum atomic E-state index is -1.92. The Morgan fingerprint density at radius 1 is 0.500 bits per heavy atom. The quantitative estimate of drug-likeness (QED) is 0.154. The fourth-order valence-electron chi connectivity index (χ4n) is 3.94. The predicted octanol–water partition coefficient (Wildman–Crippen LogP) is -7.57. The van der Waals surface area contributed by atoms with Crippen LogP contribution in [0.4, 0.5) is 0 Å². The second kappa shape index (κ2) is 11.6. The van der Waals surface area contributed by atoms with E-state index in [9.17, 15) is 56.2 Å². The number of ether oxygens (including phenoxy) is 5. The number of rotatable bonds is 7. The first kappa shape index (κ1) is 27.9. The molecule has 0 saturated carbocycles. The van der Waals surface area contributed by atoms with Crippen LogP contribution < -0.4 is 0 Å². The highest BCUT2D eigenvalue weighted by molar-refractivity contribution is 4.94. The van der Waals surface area contributed by atoms with Crippen molar-refractivity contribution >= 4 is 0 Å². The predicted molar refractivity (Wildman–Crippen MR) is 101 cm³/mol. The maximum Gasteiger partial charge on any atom is 0.187 e. The maximum atomic E-state index is 10.4. The van der Waals surface area contributed by atoms with Crippen LogP contribution in [0.3, 0.4) is 0 Å². The summed E-state index contributed by atoms with van der Waals surface area (Å²) in [5.41, 5.74) is 0. The van der Waals surface area contributed by atoms with Crippen LogP contribution >= 0.6 is 0 Å². The standard InChI is InChI=1S/C18H32O16/c19-1-4-7(21)10(24)13(27)17(32-4)30-3-6-9(23)12(26)15(16(29)31-6)34-18-14(28)11(25)8(22)5(2-20)33-18/h4-29H,1-3H2/t4-,5-,6-,7-,8-,9-,10+,11+,12+,13+,14+,15+,16-,17+,18-/m1/s1. The van der Waals surface area contributed by atoms with Crippen LogP contribution in [0.2, 0.25) is 0 Å². The van der Waals surface area contributed by atoms with Gasteiger partial charge in [0.1, 0.15) is 73.2 Å². The Morgan fingerprint density at radius 3 is 1.50 bits per heavy atom. The third-order valence-electron chi connectivity index (χ3n) is 6.08. The molecule has 0 aliphatic carbocycles. The second-order valence-corrected chi connectivity index (χ2v) is 8.37. The van der Waals surface area contributed by atoms with Crippen molar-refractivity contribution in [2.45, 2.75) is 92.1 Å². The fourth-order valence-corrected chi connectivity index (χ4v) is 3.94. The molecular formula is C18H32O16. The van der Waals surface area contributed by atoms with Gasteiger partial charge in [0.05, 0.1) is 19.8 Å². The molecule has 0 unspecified atom stereocenters. The van der Waals surface area contributed by atoms with Gasteiger partial charge in [0.15, 0.2) is 18.9 Å².